The maximum absolute atomic E-state index is 14.4. The molecule has 4 rings (SSSR count). The van der Waals surface area contributed by atoms with Crippen molar-refractivity contribution in [2.45, 2.75) is 51.6 Å². The minimum Gasteiger partial charge on any atom is -0.471 e. The van der Waals surface area contributed by atoms with Gasteiger partial charge in [0.15, 0.2) is 0 Å². The minimum absolute atomic E-state index is 0.114. The van der Waals surface area contributed by atoms with E-state index in [0.29, 0.717) is 40.4 Å². The maximum Gasteiger partial charge on any atom is 0.292 e. The lowest BCUT2D eigenvalue weighted by atomic mass is 9.84. The highest BCUT2D eigenvalue weighted by molar-refractivity contribution is 6.30. The topological polar surface area (TPSA) is 60.3 Å². The average Bonchev–Trinajstić information content (AvgIpc) is 3.26. The van der Waals surface area contributed by atoms with Crippen LogP contribution in [0.25, 0.3) is 10.9 Å². The van der Waals surface area contributed by atoms with Gasteiger partial charge in [-0.1, -0.05) is 43.0 Å². The standard InChI is InChI=1S/C24H26ClFN2O.C2H4O2/c1-16(18-5-3-2-4-6-18)27-24(29)21-11-12-22(26)20-13-14-28(23(20)21)15-17-7-9-19(25)10-8-17;1-4-2-3/h7-14,16,18H,2-6,15H2,1H3,(H,27,29);2H,1H3. The van der Waals surface area contributed by atoms with Gasteiger partial charge in [-0.05, 0) is 61.6 Å². The molecule has 0 bridgehead atoms. The molecule has 0 aliphatic heterocycles. The van der Waals surface area contributed by atoms with E-state index in [1.54, 1.807) is 12.1 Å². The van der Waals surface area contributed by atoms with E-state index >= 15 is 0 Å². The van der Waals surface area contributed by atoms with Gasteiger partial charge in [-0.15, -0.1) is 0 Å². The summed E-state index contributed by atoms with van der Waals surface area (Å²) in [6.45, 7) is 3.00. The number of rotatable bonds is 6. The Balaban J connectivity index is 0.000000709. The second-order valence-electron chi connectivity index (χ2n) is 8.42. The van der Waals surface area contributed by atoms with Gasteiger partial charge in [0.05, 0.1) is 18.2 Å². The second kappa shape index (κ2) is 11.8. The molecule has 3 aromatic rings. The van der Waals surface area contributed by atoms with E-state index in [2.05, 4.69) is 17.0 Å². The number of methoxy groups -OCH3 is 1. The molecule has 1 aliphatic carbocycles. The fraction of sp³-hybridized carbons (Fsp3) is 0.385. The molecule has 7 heteroatoms. The van der Waals surface area contributed by atoms with Crippen molar-refractivity contribution in [2.24, 2.45) is 5.92 Å². The number of hydrogen-bond donors (Lipinski definition) is 1. The highest BCUT2D eigenvalue weighted by atomic mass is 35.5. The molecule has 1 amide bonds. The summed E-state index contributed by atoms with van der Waals surface area (Å²) in [7, 11) is 1.31. The van der Waals surface area contributed by atoms with Gasteiger partial charge in [0.25, 0.3) is 12.4 Å². The van der Waals surface area contributed by atoms with Gasteiger partial charge in [-0.2, -0.15) is 0 Å². The zero-order chi connectivity index (χ0) is 23.8. The molecule has 1 aromatic heterocycles. The zero-order valence-corrected chi connectivity index (χ0v) is 19.8. The lowest BCUT2D eigenvalue weighted by Gasteiger charge is -2.28. The SMILES string of the molecule is CC(NC(=O)c1ccc(F)c2ccn(Cc3ccc(Cl)cc3)c12)C1CCCCC1.COC=O. The van der Waals surface area contributed by atoms with Crippen molar-refractivity contribution >= 4 is 34.9 Å². The molecule has 33 heavy (non-hydrogen) atoms. The summed E-state index contributed by atoms with van der Waals surface area (Å²) in [4.78, 5) is 22.1. The molecule has 5 nitrogen and oxygen atoms in total. The molecule has 2 aromatic carbocycles. The first kappa shape index (κ1) is 24.8. The van der Waals surface area contributed by atoms with Crippen LogP contribution >= 0.6 is 11.6 Å². The fourth-order valence-electron chi connectivity index (χ4n) is 4.43. The van der Waals surface area contributed by atoms with Crippen LogP contribution in [-0.4, -0.2) is 30.1 Å². The maximum atomic E-state index is 14.4. The van der Waals surface area contributed by atoms with Crippen molar-refractivity contribution in [1.29, 1.82) is 0 Å². The quantitative estimate of drug-likeness (QED) is 0.449. The number of ether oxygens (including phenoxy) is 1. The Bertz CT molecular complexity index is 1080. The first-order valence-corrected chi connectivity index (χ1v) is 11.6. The van der Waals surface area contributed by atoms with E-state index < -0.39 is 0 Å². The number of nitrogens with zero attached hydrogens (tertiary/aromatic N) is 1. The summed E-state index contributed by atoms with van der Waals surface area (Å²) in [5.41, 5.74) is 2.19. The predicted molar refractivity (Wildman–Crippen MR) is 129 cm³/mol. The Kier molecular flexibility index (Phi) is 8.89. The average molecular weight is 473 g/mol. The molecule has 0 radical (unpaired) electrons. The fourth-order valence-corrected chi connectivity index (χ4v) is 4.55. The van der Waals surface area contributed by atoms with Crippen LogP contribution in [0.4, 0.5) is 4.39 Å². The zero-order valence-electron chi connectivity index (χ0n) is 19.0. The van der Waals surface area contributed by atoms with Gasteiger partial charge in [0.2, 0.25) is 0 Å². The van der Waals surface area contributed by atoms with E-state index in [1.807, 2.05) is 35.0 Å². The molecule has 1 heterocycles. The van der Waals surface area contributed by atoms with Gasteiger partial charge in [0, 0.05) is 29.2 Å². The minimum atomic E-state index is -0.313. The molecule has 1 saturated carbocycles. The number of halogens is 2. The van der Waals surface area contributed by atoms with Gasteiger partial charge in [-0.25, -0.2) is 4.39 Å². The molecule has 1 N–H and O–H groups in total. The van der Waals surface area contributed by atoms with Crippen LogP contribution in [0.5, 0.6) is 0 Å². The predicted octanol–water partition coefficient (Wildman–Crippen LogP) is 5.97. The van der Waals surface area contributed by atoms with Crippen molar-refractivity contribution in [3.05, 3.63) is 70.6 Å². The van der Waals surface area contributed by atoms with Crippen LogP contribution in [-0.2, 0) is 16.1 Å². The largest absolute Gasteiger partial charge is 0.471 e. The van der Waals surface area contributed by atoms with Crippen molar-refractivity contribution < 1.29 is 18.7 Å². The highest BCUT2D eigenvalue weighted by Crippen LogP contribution is 2.28. The van der Waals surface area contributed by atoms with E-state index in [4.69, 9.17) is 16.4 Å². The summed E-state index contributed by atoms with van der Waals surface area (Å²) in [5.74, 6) is 0.0698. The number of fused-ring (bicyclic) bond motifs is 1. The van der Waals surface area contributed by atoms with E-state index in [0.717, 1.165) is 18.4 Å². The van der Waals surface area contributed by atoms with E-state index in [1.165, 1.54) is 32.4 Å². The Morgan fingerprint density at radius 3 is 2.48 bits per heavy atom. The van der Waals surface area contributed by atoms with Crippen LogP contribution < -0.4 is 5.32 Å². The molecule has 1 fully saturated rings. The molecule has 1 atom stereocenters. The normalized spacial score (nSPS) is 14.8. The van der Waals surface area contributed by atoms with Crippen molar-refractivity contribution in [3.8, 4) is 0 Å². The van der Waals surface area contributed by atoms with Crippen LogP contribution in [0.1, 0.15) is 54.9 Å². The number of benzene rings is 2. The molecular formula is C26H30ClFN2O3. The monoisotopic (exact) mass is 472 g/mol. The van der Waals surface area contributed by atoms with Gasteiger partial charge >= 0.3 is 0 Å². The van der Waals surface area contributed by atoms with Crippen molar-refractivity contribution in [1.82, 2.24) is 9.88 Å². The number of nitrogens with one attached hydrogen (secondary N) is 1. The van der Waals surface area contributed by atoms with E-state index in [9.17, 15) is 9.18 Å². The Morgan fingerprint density at radius 2 is 1.85 bits per heavy atom. The number of hydrogen-bond acceptors (Lipinski definition) is 3. The molecule has 1 unspecified atom stereocenters. The lowest BCUT2D eigenvalue weighted by Crippen LogP contribution is -2.39. The third-order valence-corrected chi connectivity index (χ3v) is 6.45. The van der Waals surface area contributed by atoms with Crippen molar-refractivity contribution in [2.75, 3.05) is 7.11 Å². The van der Waals surface area contributed by atoms with E-state index in [-0.39, 0.29) is 17.8 Å². The second-order valence-corrected chi connectivity index (χ2v) is 8.86. The van der Waals surface area contributed by atoms with Gasteiger partial charge in [0.1, 0.15) is 5.82 Å². The summed E-state index contributed by atoms with van der Waals surface area (Å²) in [5, 5.41) is 4.32. The smallest absolute Gasteiger partial charge is 0.292 e. The molecule has 1 aliphatic rings. The number of amides is 1. The lowest BCUT2D eigenvalue weighted by molar-refractivity contribution is -0.126. The molecular weight excluding hydrogens is 443 g/mol. The number of carbonyl (C=O) groups excluding carboxylic acids is 2. The first-order valence-electron chi connectivity index (χ1n) is 11.2. The Morgan fingerprint density at radius 1 is 1.18 bits per heavy atom. The Hall–Kier alpha value is -2.86. The molecule has 0 spiro atoms. The van der Waals surface area contributed by atoms with Gasteiger partial charge in [-0.3, -0.25) is 9.59 Å². The van der Waals surface area contributed by atoms with Crippen molar-refractivity contribution in [3.63, 3.8) is 0 Å². The van der Waals surface area contributed by atoms with Crippen LogP contribution in [0.15, 0.2) is 48.7 Å². The summed E-state index contributed by atoms with van der Waals surface area (Å²) >= 11 is 5.98. The highest BCUT2D eigenvalue weighted by Gasteiger charge is 2.23. The summed E-state index contributed by atoms with van der Waals surface area (Å²) in [6, 6.07) is 12.4. The number of aromatic nitrogens is 1. The first-order chi connectivity index (χ1) is 15.9. The third kappa shape index (κ3) is 6.35. The molecule has 0 saturated heterocycles. The summed E-state index contributed by atoms with van der Waals surface area (Å²) in [6.07, 6.45) is 7.91. The summed E-state index contributed by atoms with van der Waals surface area (Å²) < 4.78 is 20.2. The third-order valence-electron chi connectivity index (χ3n) is 6.19. The van der Waals surface area contributed by atoms with Gasteiger partial charge < -0.3 is 14.6 Å². The molecule has 176 valence electrons. The van der Waals surface area contributed by atoms with Crippen LogP contribution in [0.2, 0.25) is 5.02 Å². The van der Waals surface area contributed by atoms with Crippen LogP contribution in [0, 0.1) is 11.7 Å². The number of carbonyl (C=O) groups is 2. The Labute approximate surface area is 198 Å². The van der Waals surface area contributed by atoms with Crippen LogP contribution in [0.3, 0.4) is 0 Å².